The van der Waals surface area contributed by atoms with Crippen molar-refractivity contribution < 1.29 is 14.3 Å². The zero-order chi connectivity index (χ0) is 19.4. The highest BCUT2D eigenvalue weighted by Gasteiger charge is 2.13. The topological polar surface area (TPSA) is 86.5 Å². The first-order valence-corrected chi connectivity index (χ1v) is 9.41. The predicted octanol–water partition coefficient (Wildman–Crippen LogP) is 4.87. The SMILES string of the molecule is COc1cc(C(=O)Nc2cc(Cl)c(N)c(Cl)c2)ccc1OCc1cscn1. The summed E-state index contributed by atoms with van der Waals surface area (Å²) in [6.45, 7) is 0.313. The van der Waals surface area contributed by atoms with Crippen LogP contribution in [-0.2, 0) is 6.61 Å². The van der Waals surface area contributed by atoms with E-state index in [-0.39, 0.29) is 21.6 Å². The molecule has 0 fully saturated rings. The smallest absolute Gasteiger partial charge is 0.255 e. The van der Waals surface area contributed by atoms with Crippen molar-refractivity contribution in [2.75, 3.05) is 18.2 Å². The Bertz CT molecular complexity index is 941. The highest BCUT2D eigenvalue weighted by atomic mass is 35.5. The number of hydrogen-bond donors (Lipinski definition) is 2. The first-order valence-electron chi connectivity index (χ1n) is 7.71. The molecule has 0 unspecified atom stereocenters. The highest BCUT2D eigenvalue weighted by molar-refractivity contribution is 7.07. The Balaban J connectivity index is 1.75. The van der Waals surface area contributed by atoms with Crippen molar-refractivity contribution in [2.24, 2.45) is 0 Å². The Morgan fingerprint density at radius 2 is 1.96 bits per heavy atom. The fourth-order valence-corrected chi connectivity index (χ4v) is 3.28. The van der Waals surface area contributed by atoms with Crippen LogP contribution in [0.25, 0.3) is 0 Å². The van der Waals surface area contributed by atoms with E-state index < -0.39 is 0 Å². The van der Waals surface area contributed by atoms with Crippen LogP contribution in [0.15, 0.2) is 41.2 Å². The largest absolute Gasteiger partial charge is 0.493 e. The molecule has 0 saturated carbocycles. The minimum absolute atomic E-state index is 0.264. The van der Waals surface area contributed by atoms with Gasteiger partial charge in [-0.25, -0.2) is 4.98 Å². The molecule has 6 nitrogen and oxygen atoms in total. The summed E-state index contributed by atoms with van der Waals surface area (Å²) in [5.41, 5.74) is 9.34. The number of nitrogens with one attached hydrogen (secondary N) is 1. The van der Waals surface area contributed by atoms with Crippen molar-refractivity contribution in [3.63, 3.8) is 0 Å². The molecule has 0 bridgehead atoms. The lowest BCUT2D eigenvalue weighted by Crippen LogP contribution is -2.12. The number of methoxy groups -OCH3 is 1. The number of nitrogens with two attached hydrogens (primary N) is 1. The Hall–Kier alpha value is -2.48. The molecular weight excluding hydrogens is 409 g/mol. The van der Waals surface area contributed by atoms with E-state index >= 15 is 0 Å². The normalized spacial score (nSPS) is 10.5. The number of carbonyl (C=O) groups excluding carboxylic acids is 1. The second kappa shape index (κ2) is 8.47. The van der Waals surface area contributed by atoms with E-state index in [2.05, 4.69) is 10.3 Å². The summed E-state index contributed by atoms with van der Waals surface area (Å²) in [6, 6.07) is 7.95. The average Bonchev–Trinajstić information content (AvgIpc) is 3.17. The number of ether oxygens (including phenoxy) is 2. The number of hydrogen-bond acceptors (Lipinski definition) is 6. The van der Waals surface area contributed by atoms with Crippen molar-refractivity contribution in [3.05, 3.63) is 62.5 Å². The summed E-state index contributed by atoms with van der Waals surface area (Å²) in [4.78, 5) is 16.7. The molecule has 0 saturated heterocycles. The number of carbonyl (C=O) groups is 1. The fourth-order valence-electron chi connectivity index (χ4n) is 2.25. The minimum Gasteiger partial charge on any atom is -0.493 e. The first kappa shape index (κ1) is 19.3. The van der Waals surface area contributed by atoms with Crippen LogP contribution < -0.4 is 20.5 Å². The maximum atomic E-state index is 12.5. The lowest BCUT2D eigenvalue weighted by atomic mass is 10.1. The number of nitrogen functional groups attached to an aromatic ring is 1. The van der Waals surface area contributed by atoms with E-state index in [0.29, 0.717) is 29.4 Å². The van der Waals surface area contributed by atoms with Crippen LogP contribution in [0.4, 0.5) is 11.4 Å². The Morgan fingerprint density at radius 1 is 1.22 bits per heavy atom. The second-order valence-electron chi connectivity index (χ2n) is 5.44. The Morgan fingerprint density at radius 3 is 2.59 bits per heavy atom. The number of rotatable bonds is 6. The number of thiazole rings is 1. The lowest BCUT2D eigenvalue weighted by Gasteiger charge is -2.12. The predicted molar refractivity (Wildman–Crippen MR) is 108 cm³/mol. The molecule has 1 heterocycles. The van der Waals surface area contributed by atoms with Gasteiger partial charge in [-0.2, -0.15) is 0 Å². The molecule has 3 N–H and O–H groups in total. The zero-order valence-electron chi connectivity index (χ0n) is 14.2. The third kappa shape index (κ3) is 4.63. The summed E-state index contributed by atoms with van der Waals surface area (Å²) in [6.07, 6.45) is 0. The van der Waals surface area contributed by atoms with Gasteiger partial charge in [-0.3, -0.25) is 4.79 Å². The number of amides is 1. The van der Waals surface area contributed by atoms with Gasteiger partial charge in [-0.05, 0) is 30.3 Å². The van der Waals surface area contributed by atoms with Crippen LogP contribution >= 0.6 is 34.5 Å². The summed E-state index contributed by atoms with van der Waals surface area (Å²) in [5.74, 6) is 0.600. The van der Waals surface area contributed by atoms with E-state index in [1.165, 1.54) is 30.6 Å². The molecule has 27 heavy (non-hydrogen) atoms. The van der Waals surface area contributed by atoms with E-state index in [1.807, 2.05) is 5.38 Å². The first-order chi connectivity index (χ1) is 13.0. The van der Waals surface area contributed by atoms with Crippen LogP contribution in [0, 0.1) is 0 Å². The summed E-state index contributed by atoms with van der Waals surface area (Å²) < 4.78 is 11.0. The molecule has 3 aromatic rings. The van der Waals surface area contributed by atoms with Gasteiger partial charge in [-0.1, -0.05) is 23.2 Å². The van der Waals surface area contributed by atoms with Gasteiger partial charge < -0.3 is 20.5 Å². The van der Waals surface area contributed by atoms with Gasteiger partial charge >= 0.3 is 0 Å². The van der Waals surface area contributed by atoms with Crippen LogP contribution in [0.3, 0.4) is 0 Å². The molecule has 9 heteroatoms. The monoisotopic (exact) mass is 423 g/mol. The van der Waals surface area contributed by atoms with Crippen molar-refractivity contribution >= 4 is 51.8 Å². The maximum absolute atomic E-state index is 12.5. The number of anilines is 2. The summed E-state index contributed by atoms with van der Waals surface area (Å²) in [5, 5.41) is 5.15. The van der Waals surface area contributed by atoms with E-state index in [1.54, 1.807) is 23.7 Å². The number of aromatic nitrogens is 1. The van der Waals surface area contributed by atoms with Gasteiger partial charge in [0.1, 0.15) is 6.61 Å². The van der Waals surface area contributed by atoms with Crippen LogP contribution in [0.2, 0.25) is 10.0 Å². The molecule has 1 aromatic heterocycles. The fraction of sp³-hybridized carbons (Fsp3) is 0.111. The Labute approximate surface area is 169 Å². The number of halogens is 2. The van der Waals surface area contributed by atoms with E-state index in [9.17, 15) is 4.79 Å². The minimum atomic E-state index is -0.351. The molecule has 0 aliphatic heterocycles. The molecule has 3 rings (SSSR count). The van der Waals surface area contributed by atoms with Crippen molar-refractivity contribution in [2.45, 2.75) is 6.61 Å². The van der Waals surface area contributed by atoms with Gasteiger partial charge in [0.15, 0.2) is 11.5 Å². The maximum Gasteiger partial charge on any atom is 0.255 e. The molecule has 0 radical (unpaired) electrons. The quantitative estimate of drug-likeness (QED) is 0.552. The third-order valence-electron chi connectivity index (χ3n) is 3.62. The average molecular weight is 424 g/mol. The molecule has 2 aromatic carbocycles. The molecular formula is C18H15Cl2N3O3S. The highest BCUT2D eigenvalue weighted by Crippen LogP contribution is 2.32. The Kier molecular flexibility index (Phi) is 6.05. The van der Waals surface area contributed by atoms with Gasteiger partial charge in [0.2, 0.25) is 0 Å². The van der Waals surface area contributed by atoms with Crippen LogP contribution in [0.1, 0.15) is 16.1 Å². The van der Waals surface area contributed by atoms with Crippen molar-refractivity contribution in [1.29, 1.82) is 0 Å². The van der Waals surface area contributed by atoms with Gasteiger partial charge in [0.05, 0.1) is 34.0 Å². The molecule has 0 spiro atoms. The summed E-state index contributed by atoms with van der Waals surface area (Å²) in [7, 11) is 1.51. The van der Waals surface area contributed by atoms with Gasteiger partial charge in [0.25, 0.3) is 5.91 Å². The van der Waals surface area contributed by atoms with E-state index in [0.717, 1.165) is 5.69 Å². The van der Waals surface area contributed by atoms with Gasteiger partial charge in [0, 0.05) is 16.6 Å². The second-order valence-corrected chi connectivity index (χ2v) is 6.97. The molecule has 0 aliphatic rings. The molecule has 0 atom stereocenters. The van der Waals surface area contributed by atoms with Crippen molar-refractivity contribution in [3.8, 4) is 11.5 Å². The molecule has 0 aliphatic carbocycles. The van der Waals surface area contributed by atoms with Crippen LogP contribution in [-0.4, -0.2) is 18.0 Å². The standard InChI is InChI=1S/C18H15Cl2N3O3S/c1-25-16-4-10(2-3-15(16)26-7-12-8-27-9-22-12)18(24)23-11-5-13(19)17(21)14(20)6-11/h2-6,8-9H,7,21H2,1H3,(H,23,24). The number of benzene rings is 2. The van der Waals surface area contributed by atoms with E-state index in [4.69, 9.17) is 38.4 Å². The van der Waals surface area contributed by atoms with Crippen LogP contribution in [0.5, 0.6) is 11.5 Å². The molecule has 1 amide bonds. The van der Waals surface area contributed by atoms with Gasteiger partial charge in [-0.15, -0.1) is 11.3 Å². The molecule has 140 valence electrons. The third-order valence-corrected chi connectivity index (χ3v) is 4.88. The zero-order valence-corrected chi connectivity index (χ0v) is 16.5. The summed E-state index contributed by atoms with van der Waals surface area (Å²) >= 11 is 13.5. The number of nitrogens with zero attached hydrogens (tertiary/aromatic N) is 1. The lowest BCUT2D eigenvalue weighted by molar-refractivity contribution is 0.102. The van der Waals surface area contributed by atoms with Crippen molar-refractivity contribution in [1.82, 2.24) is 4.98 Å².